The number of nitrogens with one attached hydrogen (secondary N) is 1. The molecule has 0 aromatic rings. The predicted molar refractivity (Wildman–Crippen MR) is 332 cm³/mol. The van der Waals surface area contributed by atoms with Gasteiger partial charge in [0.25, 0.3) is 0 Å². The van der Waals surface area contributed by atoms with E-state index in [0.717, 1.165) is 44.9 Å². The third-order valence-corrected chi connectivity index (χ3v) is 16.4. The van der Waals surface area contributed by atoms with Gasteiger partial charge in [-0.1, -0.05) is 326 Å². The molecule has 460 valence electrons. The van der Waals surface area contributed by atoms with Crippen LogP contribution in [-0.2, 0) is 14.3 Å². The smallest absolute Gasteiger partial charge is 0.220 e. The minimum Gasteiger partial charge on any atom is -0.394 e. The van der Waals surface area contributed by atoms with Gasteiger partial charge in [0.2, 0.25) is 5.91 Å². The summed E-state index contributed by atoms with van der Waals surface area (Å²) < 4.78 is 11.3. The van der Waals surface area contributed by atoms with Crippen LogP contribution in [0, 0.1) is 0 Å². The summed E-state index contributed by atoms with van der Waals surface area (Å²) in [5.74, 6) is -0.183. The van der Waals surface area contributed by atoms with Crippen LogP contribution in [0.3, 0.4) is 0 Å². The minimum absolute atomic E-state index is 0.183. The van der Waals surface area contributed by atoms with Gasteiger partial charge in [-0.25, -0.2) is 0 Å². The molecule has 0 aromatic heterocycles. The van der Waals surface area contributed by atoms with Gasteiger partial charge in [-0.3, -0.25) is 4.79 Å². The standard InChI is InChI=1S/C69H131NO8/c1-3-5-7-9-11-13-15-17-19-21-23-25-27-29-31-32-33-35-37-39-41-43-45-47-49-51-53-55-57-59-65(73)70-62(61-77-69-68(76)67(75)66(74)64(60-71)78-69)63(72)58-56-54-52-50-48-46-44-42-40-38-36-34-30-28-26-24-22-20-18-16-14-12-10-8-6-4-2/h40,42,48,50,56,58,62-64,66-69,71-72,74-76H,3-39,41,43-47,49,51-55,57,59-61H2,1-2H3,(H,70,73)/b42-40+,50-48+,58-56+. The first-order chi connectivity index (χ1) is 38.3. The number of aliphatic hydroxyl groups excluding tert-OH is 5. The monoisotopic (exact) mass is 1100 g/mol. The van der Waals surface area contributed by atoms with Crippen LogP contribution >= 0.6 is 0 Å². The third kappa shape index (κ3) is 47.0. The number of aliphatic hydroxyl groups is 5. The van der Waals surface area contributed by atoms with Crippen LogP contribution in [-0.4, -0.2) is 87.5 Å². The van der Waals surface area contributed by atoms with Gasteiger partial charge in [-0.05, 0) is 44.9 Å². The molecular weight excluding hydrogens is 971 g/mol. The van der Waals surface area contributed by atoms with E-state index < -0.39 is 49.5 Å². The first-order valence-corrected chi connectivity index (χ1v) is 34.2. The molecule has 1 rings (SSSR count). The second kappa shape index (κ2) is 58.6. The van der Waals surface area contributed by atoms with Crippen LogP contribution in [0.25, 0.3) is 0 Å². The number of carbonyl (C=O) groups excluding carboxylic acids is 1. The van der Waals surface area contributed by atoms with Crippen molar-refractivity contribution in [3.05, 3.63) is 36.5 Å². The van der Waals surface area contributed by atoms with Crippen molar-refractivity contribution in [3.63, 3.8) is 0 Å². The number of hydrogen-bond donors (Lipinski definition) is 6. The van der Waals surface area contributed by atoms with Crippen molar-refractivity contribution in [1.29, 1.82) is 0 Å². The Morgan fingerprint density at radius 2 is 0.731 bits per heavy atom. The fourth-order valence-electron chi connectivity index (χ4n) is 11.1. The van der Waals surface area contributed by atoms with Crippen molar-refractivity contribution < 1.29 is 39.8 Å². The molecule has 0 saturated carbocycles. The molecule has 9 heteroatoms. The zero-order valence-electron chi connectivity index (χ0n) is 51.4. The molecule has 0 bridgehead atoms. The zero-order chi connectivity index (χ0) is 56.5. The van der Waals surface area contributed by atoms with Crippen LogP contribution in [0.4, 0.5) is 0 Å². The van der Waals surface area contributed by atoms with E-state index in [1.165, 1.54) is 276 Å². The summed E-state index contributed by atoms with van der Waals surface area (Å²) in [5.41, 5.74) is 0. The van der Waals surface area contributed by atoms with Gasteiger partial charge in [0, 0.05) is 6.42 Å². The van der Waals surface area contributed by atoms with E-state index in [0.29, 0.717) is 6.42 Å². The van der Waals surface area contributed by atoms with Crippen molar-refractivity contribution in [2.75, 3.05) is 13.2 Å². The Kier molecular flexibility index (Phi) is 55.9. The summed E-state index contributed by atoms with van der Waals surface area (Å²) in [6, 6.07) is -0.827. The quantitative estimate of drug-likeness (QED) is 0.0261. The highest BCUT2D eigenvalue weighted by molar-refractivity contribution is 5.76. The SMILES string of the molecule is CCCCCCCCCCCCCCCCCC/C=C/CC/C=C/CC/C=C/C(O)C(COC1OC(CO)C(O)C(O)C1O)NC(=O)CCCCCCCCCCCCCCCCCCCCCCCCCCCCCCC. The van der Waals surface area contributed by atoms with Gasteiger partial charge in [-0.2, -0.15) is 0 Å². The van der Waals surface area contributed by atoms with Crippen LogP contribution in [0.5, 0.6) is 0 Å². The number of carbonyl (C=O) groups is 1. The highest BCUT2D eigenvalue weighted by Gasteiger charge is 2.44. The van der Waals surface area contributed by atoms with E-state index in [4.69, 9.17) is 9.47 Å². The van der Waals surface area contributed by atoms with Crippen LogP contribution in [0.15, 0.2) is 36.5 Å². The molecule has 7 unspecified atom stereocenters. The van der Waals surface area contributed by atoms with Gasteiger partial charge < -0.3 is 40.3 Å². The maximum Gasteiger partial charge on any atom is 0.220 e. The molecule has 0 radical (unpaired) electrons. The Morgan fingerprint density at radius 3 is 1.08 bits per heavy atom. The molecule has 78 heavy (non-hydrogen) atoms. The highest BCUT2D eigenvalue weighted by Crippen LogP contribution is 2.23. The molecular formula is C69H131NO8. The lowest BCUT2D eigenvalue weighted by Gasteiger charge is -2.40. The molecule has 6 N–H and O–H groups in total. The lowest BCUT2D eigenvalue weighted by Crippen LogP contribution is -2.60. The van der Waals surface area contributed by atoms with E-state index in [-0.39, 0.29) is 12.5 Å². The molecule has 0 aromatic carbocycles. The Labute approximate surface area is 482 Å². The van der Waals surface area contributed by atoms with E-state index >= 15 is 0 Å². The highest BCUT2D eigenvalue weighted by atomic mass is 16.7. The lowest BCUT2D eigenvalue weighted by molar-refractivity contribution is -0.302. The summed E-state index contributed by atoms with van der Waals surface area (Å²) in [7, 11) is 0. The fraction of sp³-hybridized carbons (Fsp3) is 0.899. The Hall–Kier alpha value is -1.59. The predicted octanol–water partition coefficient (Wildman–Crippen LogP) is 18.3. The van der Waals surface area contributed by atoms with Crippen LogP contribution in [0.2, 0.25) is 0 Å². The number of unbranched alkanes of at least 4 members (excludes halogenated alkanes) is 46. The van der Waals surface area contributed by atoms with E-state index in [1.54, 1.807) is 6.08 Å². The summed E-state index contributed by atoms with van der Waals surface area (Å²) in [6.45, 7) is 3.81. The van der Waals surface area contributed by atoms with Crippen molar-refractivity contribution >= 4 is 5.91 Å². The second-order valence-corrected chi connectivity index (χ2v) is 24.0. The zero-order valence-corrected chi connectivity index (χ0v) is 51.4. The average Bonchev–Trinajstić information content (AvgIpc) is 3.45. The summed E-state index contributed by atoms with van der Waals surface area (Å²) >= 11 is 0. The lowest BCUT2D eigenvalue weighted by atomic mass is 9.99. The largest absolute Gasteiger partial charge is 0.394 e. The molecule has 1 fully saturated rings. The van der Waals surface area contributed by atoms with Crippen molar-refractivity contribution in [2.45, 2.75) is 384 Å². The molecule has 1 amide bonds. The number of amides is 1. The third-order valence-electron chi connectivity index (χ3n) is 16.4. The molecule has 0 aliphatic carbocycles. The summed E-state index contributed by atoms with van der Waals surface area (Å²) in [6.07, 6.45) is 71.1. The van der Waals surface area contributed by atoms with E-state index in [9.17, 15) is 30.3 Å². The van der Waals surface area contributed by atoms with Gasteiger partial charge >= 0.3 is 0 Å². The number of rotatable bonds is 60. The molecule has 1 aliphatic heterocycles. The topological polar surface area (TPSA) is 149 Å². The maximum atomic E-state index is 13.1. The number of ether oxygens (including phenoxy) is 2. The first kappa shape index (κ1) is 74.4. The van der Waals surface area contributed by atoms with Gasteiger partial charge in [0.1, 0.15) is 24.4 Å². The van der Waals surface area contributed by atoms with Gasteiger partial charge in [-0.15, -0.1) is 0 Å². The van der Waals surface area contributed by atoms with Crippen molar-refractivity contribution in [1.82, 2.24) is 5.32 Å². The van der Waals surface area contributed by atoms with E-state index in [1.807, 2.05) is 6.08 Å². The van der Waals surface area contributed by atoms with Crippen LogP contribution < -0.4 is 5.32 Å². The van der Waals surface area contributed by atoms with Crippen molar-refractivity contribution in [3.8, 4) is 0 Å². The first-order valence-electron chi connectivity index (χ1n) is 34.2. The Balaban J connectivity index is 2.16. The fourth-order valence-corrected chi connectivity index (χ4v) is 11.1. The van der Waals surface area contributed by atoms with E-state index in [2.05, 4.69) is 43.5 Å². The Bertz CT molecular complexity index is 1320. The molecule has 1 saturated heterocycles. The molecule has 1 heterocycles. The Morgan fingerprint density at radius 1 is 0.423 bits per heavy atom. The average molecular weight is 1100 g/mol. The van der Waals surface area contributed by atoms with Crippen LogP contribution in [0.1, 0.15) is 341 Å². The second-order valence-electron chi connectivity index (χ2n) is 24.0. The van der Waals surface area contributed by atoms with Gasteiger partial charge in [0.05, 0.1) is 25.4 Å². The maximum absolute atomic E-state index is 13.1. The summed E-state index contributed by atoms with van der Waals surface area (Å²) in [5, 5.41) is 54.7. The van der Waals surface area contributed by atoms with Gasteiger partial charge in [0.15, 0.2) is 6.29 Å². The normalized spacial score (nSPS) is 18.8. The summed E-state index contributed by atoms with van der Waals surface area (Å²) in [4.78, 5) is 13.1. The minimum atomic E-state index is -1.57. The molecule has 7 atom stereocenters. The number of allylic oxidation sites excluding steroid dienone is 5. The molecule has 9 nitrogen and oxygen atoms in total. The molecule has 0 spiro atoms. The van der Waals surface area contributed by atoms with Crippen molar-refractivity contribution in [2.24, 2.45) is 0 Å². The molecule has 1 aliphatic rings. The number of hydrogen-bond acceptors (Lipinski definition) is 8.